The molecule has 0 aromatic heterocycles. The van der Waals surface area contributed by atoms with E-state index in [0.717, 1.165) is 72.9 Å². The Labute approximate surface area is 336 Å². The molecule has 3 fully saturated rings. The highest BCUT2D eigenvalue weighted by Crippen LogP contribution is 2.64. The van der Waals surface area contributed by atoms with Crippen molar-refractivity contribution < 1.29 is 28.8 Å². The number of benzene rings is 4. The third-order valence-electron chi connectivity index (χ3n) is 13.1. The van der Waals surface area contributed by atoms with Gasteiger partial charge in [-0.05, 0) is 104 Å². The minimum atomic E-state index is -0.948. The third kappa shape index (κ3) is 6.17. The van der Waals surface area contributed by atoms with Crippen LogP contribution in [-0.2, 0) is 37.6 Å². The van der Waals surface area contributed by atoms with E-state index in [-0.39, 0.29) is 36.0 Å². The highest BCUT2D eigenvalue weighted by atomic mass is 16.2. The van der Waals surface area contributed by atoms with Gasteiger partial charge in [-0.1, -0.05) is 67.1 Å². The number of amides is 6. The van der Waals surface area contributed by atoms with Crippen molar-refractivity contribution >= 4 is 46.8 Å². The Kier molecular flexibility index (Phi) is 9.67. The molecule has 296 valence electrons. The molecule has 6 amide bonds. The van der Waals surface area contributed by atoms with Crippen molar-refractivity contribution in [2.45, 2.75) is 93.3 Å². The molecule has 1 saturated carbocycles. The molecule has 0 bridgehead atoms. The molecule has 4 aromatic carbocycles. The van der Waals surface area contributed by atoms with E-state index < -0.39 is 34.9 Å². The maximum atomic E-state index is 14.3. The van der Waals surface area contributed by atoms with Gasteiger partial charge in [0.2, 0.25) is 23.6 Å². The Morgan fingerprint density at radius 1 is 0.810 bits per heavy atom. The first-order valence-corrected chi connectivity index (χ1v) is 20.4. The quantitative estimate of drug-likeness (QED) is 0.104. The predicted octanol–water partition coefficient (Wildman–Crippen LogP) is 5.10. The van der Waals surface area contributed by atoms with Gasteiger partial charge in [-0.25, -0.2) is 0 Å². The van der Waals surface area contributed by atoms with E-state index in [4.69, 9.17) is 0 Å². The van der Waals surface area contributed by atoms with E-state index in [1.165, 1.54) is 0 Å². The third-order valence-corrected chi connectivity index (χ3v) is 13.1. The van der Waals surface area contributed by atoms with Gasteiger partial charge in [0.15, 0.2) is 0 Å². The Hall–Kier alpha value is -6.14. The van der Waals surface area contributed by atoms with Crippen molar-refractivity contribution in [3.05, 3.63) is 130 Å². The molecular formula is C46H46N6O6. The van der Waals surface area contributed by atoms with E-state index in [1.807, 2.05) is 66.7 Å². The van der Waals surface area contributed by atoms with Crippen LogP contribution < -0.4 is 26.6 Å². The SMILES string of the molecule is O=C1CCC(N2Cc3c(CCCCCNC(=O)c4ccc(NC(=O)C5NC6(CCC6)C6(C(=O)Nc7ccccc76)C5c5ccccc5)cc4)cccc3C2=O)C(=O)N1. The fourth-order valence-electron chi connectivity index (χ4n) is 10.2. The molecule has 1 aliphatic carbocycles. The summed E-state index contributed by atoms with van der Waals surface area (Å²) in [5, 5.41) is 15.3. The van der Waals surface area contributed by atoms with Crippen LogP contribution in [0.1, 0.15) is 100 Å². The number of para-hydroxylation sites is 1. The zero-order chi connectivity index (χ0) is 40.0. The van der Waals surface area contributed by atoms with Crippen LogP contribution in [0.15, 0.2) is 97.1 Å². The van der Waals surface area contributed by atoms with Crippen LogP contribution in [-0.4, -0.2) is 64.5 Å². The average molecular weight is 779 g/mol. The summed E-state index contributed by atoms with van der Waals surface area (Å²) in [4.78, 5) is 80.4. The Morgan fingerprint density at radius 2 is 1.59 bits per heavy atom. The first-order valence-electron chi connectivity index (χ1n) is 20.4. The molecule has 2 saturated heterocycles. The number of unbranched alkanes of at least 4 members (excludes halogenated alkanes) is 2. The highest BCUT2D eigenvalue weighted by molar-refractivity contribution is 6.11. The fourth-order valence-corrected chi connectivity index (χ4v) is 10.2. The summed E-state index contributed by atoms with van der Waals surface area (Å²) >= 11 is 0. The van der Waals surface area contributed by atoms with Crippen LogP contribution >= 0.6 is 0 Å². The Bertz CT molecular complexity index is 2320. The van der Waals surface area contributed by atoms with Crippen molar-refractivity contribution in [1.82, 2.24) is 20.9 Å². The van der Waals surface area contributed by atoms with Crippen LogP contribution in [0.5, 0.6) is 0 Å². The standard InChI is InChI=1S/C46H46N6O6/c53-37-23-22-36(41(55)50-37)52-27-33-28(14-9-15-32(33)43(52)57)11-5-2-8-26-47-40(54)30-18-20-31(21-19-30)48-42(56)39-38(29-12-3-1-4-13-29)46(45(51-39)24-10-25-45)34-16-6-7-17-35(34)49-44(46)58/h1,3-4,6-7,9,12-21,36,38-39,51H,2,5,8,10-11,22-27H2,(H,47,54)(H,48,56)(H,49,58)(H,50,53,55). The van der Waals surface area contributed by atoms with Crippen molar-refractivity contribution in [2.75, 3.05) is 17.2 Å². The lowest BCUT2D eigenvalue weighted by atomic mass is 9.53. The van der Waals surface area contributed by atoms with E-state index >= 15 is 0 Å². The van der Waals surface area contributed by atoms with Gasteiger partial charge in [0, 0.05) is 53.5 Å². The van der Waals surface area contributed by atoms with Crippen LogP contribution in [0.3, 0.4) is 0 Å². The molecular weight excluding hydrogens is 733 g/mol. The summed E-state index contributed by atoms with van der Waals surface area (Å²) < 4.78 is 0. The number of carbonyl (C=O) groups is 6. The number of rotatable bonds is 11. The summed E-state index contributed by atoms with van der Waals surface area (Å²) in [5.41, 5.74) is 4.83. The second kappa shape index (κ2) is 15.0. The Balaban J connectivity index is 0.794. The maximum Gasteiger partial charge on any atom is 0.255 e. The molecule has 5 N–H and O–H groups in total. The summed E-state index contributed by atoms with van der Waals surface area (Å²) in [6.07, 6.45) is 6.38. The van der Waals surface area contributed by atoms with Crippen molar-refractivity contribution in [3.8, 4) is 0 Å². The molecule has 12 nitrogen and oxygen atoms in total. The molecule has 4 atom stereocenters. The van der Waals surface area contributed by atoms with Crippen molar-refractivity contribution in [2.24, 2.45) is 0 Å². The molecule has 4 unspecified atom stereocenters. The number of hydrogen-bond donors (Lipinski definition) is 5. The second-order valence-electron chi connectivity index (χ2n) is 16.2. The minimum Gasteiger partial charge on any atom is -0.352 e. The first kappa shape index (κ1) is 37.4. The van der Waals surface area contributed by atoms with Crippen LogP contribution in [0, 0.1) is 0 Å². The summed E-state index contributed by atoms with van der Waals surface area (Å²) in [6, 6.07) is 28.9. The molecule has 9 rings (SSSR count). The second-order valence-corrected chi connectivity index (χ2v) is 16.2. The van der Waals surface area contributed by atoms with Crippen LogP contribution in [0.2, 0.25) is 0 Å². The van der Waals surface area contributed by atoms with Crippen LogP contribution in [0.4, 0.5) is 11.4 Å². The first-order chi connectivity index (χ1) is 28.2. The zero-order valence-corrected chi connectivity index (χ0v) is 32.1. The number of nitrogens with one attached hydrogen (secondary N) is 5. The molecule has 4 aliphatic heterocycles. The molecule has 4 heterocycles. The highest BCUT2D eigenvalue weighted by Gasteiger charge is 2.73. The summed E-state index contributed by atoms with van der Waals surface area (Å²) in [7, 11) is 0. The zero-order valence-electron chi connectivity index (χ0n) is 32.1. The van der Waals surface area contributed by atoms with Gasteiger partial charge in [0.25, 0.3) is 11.8 Å². The lowest BCUT2D eigenvalue weighted by Crippen LogP contribution is -2.63. The molecule has 5 aliphatic rings. The molecule has 58 heavy (non-hydrogen) atoms. The lowest BCUT2D eigenvalue weighted by Gasteiger charge is -2.50. The number of imide groups is 1. The molecule has 2 spiro atoms. The predicted molar refractivity (Wildman–Crippen MR) is 217 cm³/mol. The number of carbonyl (C=O) groups excluding carboxylic acids is 6. The van der Waals surface area contributed by atoms with E-state index in [0.29, 0.717) is 36.3 Å². The van der Waals surface area contributed by atoms with Gasteiger partial charge in [0.05, 0.1) is 6.04 Å². The fraction of sp³-hybridized carbons (Fsp3) is 0.348. The summed E-state index contributed by atoms with van der Waals surface area (Å²) in [5.74, 6) is -1.85. The smallest absolute Gasteiger partial charge is 0.255 e. The molecule has 12 heteroatoms. The number of hydrogen-bond acceptors (Lipinski definition) is 7. The number of aryl methyl sites for hydroxylation is 1. The Morgan fingerprint density at radius 3 is 2.34 bits per heavy atom. The van der Waals surface area contributed by atoms with E-state index in [9.17, 15) is 28.8 Å². The van der Waals surface area contributed by atoms with Gasteiger partial charge < -0.3 is 20.9 Å². The van der Waals surface area contributed by atoms with Crippen LogP contribution in [0.25, 0.3) is 0 Å². The number of piperidine rings is 1. The van der Waals surface area contributed by atoms with E-state index in [1.54, 1.807) is 35.2 Å². The molecule has 0 radical (unpaired) electrons. The van der Waals surface area contributed by atoms with Gasteiger partial charge in [-0.3, -0.25) is 39.4 Å². The topological polar surface area (TPSA) is 166 Å². The lowest BCUT2D eigenvalue weighted by molar-refractivity contribution is -0.137. The van der Waals surface area contributed by atoms with E-state index in [2.05, 4.69) is 26.6 Å². The minimum absolute atomic E-state index is 0.0717. The molecule has 4 aromatic rings. The van der Waals surface area contributed by atoms with Gasteiger partial charge in [0.1, 0.15) is 11.5 Å². The number of anilines is 2. The largest absolute Gasteiger partial charge is 0.352 e. The summed E-state index contributed by atoms with van der Waals surface area (Å²) in [6.45, 7) is 0.858. The number of fused-ring (bicyclic) bond motifs is 4. The number of nitrogens with zero attached hydrogens (tertiary/aromatic N) is 1. The van der Waals surface area contributed by atoms with Crippen molar-refractivity contribution in [1.29, 1.82) is 0 Å². The van der Waals surface area contributed by atoms with Gasteiger partial charge in [-0.2, -0.15) is 0 Å². The normalized spacial score (nSPS) is 23.9. The van der Waals surface area contributed by atoms with Gasteiger partial charge in [-0.15, -0.1) is 0 Å². The monoisotopic (exact) mass is 778 g/mol. The van der Waals surface area contributed by atoms with Gasteiger partial charge >= 0.3 is 0 Å². The average Bonchev–Trinajstić information content (AvgIpc) is 3.84. The van der Waals surface area contributed by atoms with Crippen molar-refractivity contribution in [3.63, 3.8) is 0 Å². The maximum absolute atomic E-state index is 14.3.